The van der Waals surface area contributed by atoms with Crippen LogP contribution in [0.5, 0.6) is 0 Å². The minimum atomic E-state index is -2.80. The van der Waals surface area contributed by atoms with E-state index in [2.05, 4.69) is 182 Å². The summed E-state index contributed by atoms with van der Waals surface area (Å²) in [5.74, 6) is 0. The van der Waals surface area contributed by atoms with Gasteiger partial charge >= 0.3 is 288 Å². The van der Waals surface area contributed by atoms with Crippen LogP contribution < -0.4 is 68.3 Å². The minimum absolute atomic E-state index is 0. The number of hydrogen-bond donors (Lipinski definition) is 0. The summed E-state index contributed by atoms with van der Waals surface area (Å²) in [5, 5.41) is 9.44. The maximum absolute atomic E-state index is 2.80. The maximum Gasteiger partial charge on any atom is -1.00 e. The van der Waals surface area contributed by atoms with Gasteiger partial charge in [-0.3, -0.25) is 0 Å². The molecule has 0 aromatic heterocycles. The van der Waals surface area contributed by atoms with Gasteiger partial charge in [0.05, 0.1) is 0 Å². The van der Waals surface area contributed by atoms with Crippen molar-refractivity contribution < 1.29 is 57.7 Å². The monoisotopic (exact) mass is 790 g/mol. The van der Waals surface area contributed by atoms with Crippen LogP contribution in [0, 0.1) is 20.8 Å². The third-order valence-electron chi connectivity index (χ3n) is 10.6. The predicted molar refractivity (Wildman–Crippen MR) is 207 cm³/mol. The molecule has 1 atom stereocenters. The molecule has 0 amide bonds. The summed E-state index contributed by atoms with van der Waals surface area (Å²) in [4.78, 5) is 0. The van der Waals surface area contributed by atoms with Crippen molar-refractivity contribution in [3.8, 4) is 0 Å². The molecule has 0 fully saturated rings. The van der Waals surface area contributed by atoms with Gasteiger partial charge in [0.15, 0.2) is 0 Å². The molecule has 47 heavy (non-hydrogen) atoms. The Morgan fingerprint density at radius 1 is 0.426 bits per heavy atom. The van der Waals surface area contributed by atoms with Crippen molar-refractivity contribution in [1.29, 1.82) is 0 Å². The molecule has 0 radical (unpaired) electrons. The smallest absolute Gasteiger partial charge is 1.00 e. The second kappa shape index (κ2) is 15.1. The second-order valence-corrected chi connectivity index (χ2v) is 37.4. The van der Waals surface area contributed by atoms with Crippen molar-refractivity contribution in [2.45, 2.75) is 112 Å². The molecule has 3 aromatic rings. The van der Waals surface area contributed by atoms with E-state index < -0.39 is 32.3 Å². The number of allylic oxidation sites excluding steroid dienone is 4. The van der Waals surface area contributed by atoms with Crippen molar-refractivity contribution in [3.63, 3.8) is 0 Å². The third-order valence-corrected chi connectivity index (χ3v) is 24.0. The maximum atomic E-state index is 2.70. The van der Waals surface area contributed by atoms with Gasteiger partial charge in [-0.05, 0) is 0 Å². The van der Waals surface area contributed by atoms with Crippen molar-refractivity contribution in [3.05, 3.63) is 91.9 Å². The largest absolute Gasteiger partial charge is 1.00 e. The fourth-order valence-corrected chi connectivity index (χ4v) is 19.7. The quantitative estimate of drug-likeness (QED) is 0.206. The van der Waals surface area contributed by atoms with Crippen molar-refractivity contribution in [2.75, 3.05) is 0 Å². The van der Waals surface area contributed by atoms with E-state index in [1.54, 1.807) is 40.6 Å². The molecule has 4 rings (SSSR count). The van der Waals surface area contributed by atoms with Crippen LogP contribution in [0.15, 0.2) is 75.2 Å². The molecule has 0 aliphatic heterocycles. The molecule has 0 heterocycles. The molecule has 0 saturated heterocycles. The van der Waals surface area contributed by atoms with E-state index >= 15 is 0 Å². The Hall–Kier alpha value is -0.408. The first-order valence-corrected chi connectivity index (χ1v) is 29.7. The molecule has 0 nitrogen and oxygen atoms in total. The number of hydrogen-bond acceptors (Lipinski definition) is 0. The zero-order valence-electron chi connectivity index (χ0n) is 31.8. The van der Waals surface area contributed by atoms with Crippen LogP contribution in [0.4, 0.5) is 0 Å². The summed E-state index contributed by atoms with van der Waals surface area (Å²) in [6, 6.07) is 23.4. The van der Waals surface area contributed by atoms with Gasteiger partial charge in [0, 0.05) is 0 Å². The molecule has 0 N–H and O–H groups in total. The van der Waals surface area contributed by atoms with Crippen LogP contribution in [0.25, 0.3) is 0 Å². The van der Waals surface area contributed by atoms with Crippen molar-refractivity contribution in [2.24, 2.45) is 0 Å². The van der Waals surface area contributed by atoms with Crippen molar-refractivity contribution in [1.82, 2.24) is 0 Å². The standard InChI is InChI=1S/C39H57Si4.3ClH.Ti/c1-27-17-33(40(8,9)10)23-36(20-27)43(39(7)26-30(4)31(5)32(39)6,37-21-28(2)18-34(24-37)41(11,12)13)38-22-29(3)19-35(25-38)42(14,15)16;;;;/h17-25H,1-16H3;3*1H;/q;;;;+3/p-3. The van der Waals surface area contributed by atoms with Crippen LogP contribution in [-0.4, -0.2) is 32.3 Å². The molecule has 0 spiro atoms. The molecule has 254 valence electrons. The fourth-order valence-electron chi connectivity index (χ4n) is 7.54. The molecule has 0 bridgehead atoms. The van der Waals surface area contributed by atoms with Gasteiger partial charge in [0.2, 0.25) is 0 Å². The number of benzene rings is 3. The minimum Gasteiger partial charge on any atom is -1.00 e. The Morgan fingerprint density at radius 2 is 0.681 bits per heavy atom. The molecule has 1 aliphatic rings. The first kappa shape index (κ1) is 44.6. The van der Waals surface area contributed by atoms with Gasteiger partial charge in [0.25, 0.3) is 0 Å². The molecule has 8 heteroatoms. The number of aryl methyl sites for hydroxylation is 3. The Bertz CT molecular complexity index is 1520. The molecular weight excluding hydrogens is 735 g/mol. The van der Waals surface area contributed by atoms with Crippen LogP contribution in [-0.2, 0) is 20.4 Å². The summed E-state index contributed by atoms with van der Waals surface area (Å²) in [6.07, 6.45) is 0. The van der Waals surface area contributed by atoms with Gasteiger partial charge in [-0.25, -0.2) is 0 Å². The summed E-state index contributed by atoms with van der Waals surface area (Å²) in [5.41, 5.74) is 8.79. The Morgan fingerprint density at radius 3 is 0.894 bits per heavy atom. The fraction of sp³-hybridized carbons (Fsp3) is 0.436. The average Bonchev–Trinajstić information content (AvgIpc) is 3.02. The van der Waals surface area contributed by atoms with Crippen LogP contribution in [0.3, 0.4) is 0 Å². The Labute approximate surface area is 322 Å². The van der Waals surface area contributed by atoms with Gasteiger partial charge in [0.1, 0.15) is 0 Å². The van der Waals surface area contributed by atoms with Gasteiger partial charge in [-0.2, -0.15) is 0 Å². The molecule has 1 aliphatic carbocycles. The van der Waals surface area contributed by atoms with E-state index in [-0.39, 0.29) is 42.3 Å². The van der Waals surface area contributed by atoms with E-state index in [1.807, 2.05) is 0 Å². The molecule has 3 aromatic carbocycles. The third kappa shape index (κ3) is 7.92. The Balaban J connectivity index is 0.00000368. The predicted octanol–water partition coefficient (Wildman–Crippen LogP) is -1.34. The molecule has 1 unspecified atom stereocenters. The molecular formula is C39H57Cl3Si4Ti. The van der Waals surface area contributed by atoms with Gasteiger partial charge < -0.3 is 37.2 Å². The summed E-state index contributed by atoms with van der Waals surface area (Å²) < 4.78 is 1.57. The van der Waals surface area contributed by atoms with E-state index in [0.717, 1.165) is 0 Å². The summed E-state index contributed by atoms with van der Waals surface area (Å²) in [7, 11) is -7.58. The van der Waals surface area contributed by atoms with Crippen LogP contribution in [0.2, 0.25) is 64.0 Å². The number of rotatable bonds is 7. The SMILES string of the molecule is CC1=C(C)C(C)([Si](c2cc(C)cc([Si](C)(C)C)c2)(c2cc(C)cc([Si](C)(C)C)c2)c2cc(C)cc([Si](C)(C)C)c2)[C]([Ti+3])=C1C.[Cl-].[Cl-].[Cl-]. The zero-order valence-corrected chi connectivity index (χ0v) is 39.7. The average molecular weight is 792 g/mol. The normalized spacial score (nSPS) is 17.3. The summed E-state index contributed by atoms with van der Waals surface area (Å²) in [6.45, 7) is 39.6. The van der Waals surface area contributed by atoms with Crippen LogP contribution in [0.1, 0.15) is 44.4 Å². The van der Waals surface area contributed by atoms with E-state index in [0.29, 0.717) is 0 Å². The zero-order chi connectivity index (χ0) is 33.4. The van der Waals surface area contributed by atoms with E-state index in [9.17, 15) is 0 Å². The first-order valence-electron chi connectivity index (χ1n) is 16.4. The Kier molecular flexibility index (Phi) is 14.3. The van der Waals surface area contributed by atoms with Gasteiger partial charge in [-0.1, -0.05) is 0 Å². The second-order valence-electron chi connectivity index (χ2n) is 17.1. The van der Waals surface area contributed by atoms with E-state index in [4.69, 9.17) is 0 Å². The van der Waals surface area contributed by atoms with E-state index in [1.165, 1.54) is 27.8 Å². The molecule has 0 saturated carbocycles. The van der Waals surface area contributed by atoms with Gasteiger partial charge in [-0.15, -0.1) is 0 Å². The van der Waals surface area contributed by atoms with Crippen molar-refractivity contribution >= 4 is 63.4 Å². The first-order chi connectivity index (χ1) is 19.9. The number of halogens is 3. The topological polar surface area (TPSA) is 0 Å². The van der Waals surface area contributed by atoms with Crippen LogP contribution >= 0.6 is 0 Å². The summed E-state index contributed by atoms with van der Waals surface area (Å²) >= 11 is 2.47.